The molecule has 1 N–H and O–H groups in total. The van der Waals surface area contributed by atoms with Crippen LogP contribution in [-0.4, -0.2) is 30.2 Å². The molecule has 1 fully saturated rings. The third-order valence-corrected chi connectivity index (χ3v) is 3.51. The molecule has 2 aromatic rings. The number of hydrogen-bond donors (Lipinski definition) is 1. The molecule has 0 aromatic carbocycles. The van der Waals surface area contributed by atoms with Crippen LogP contribution in [-0.2, 0) is 11.3 Å². The van der Waals surface area contributed by atoms with Crippen molar-refractivity contribution in [2.75, 3.05) is 13.2 Å². The molecule has 1 atom stereocenters. The molecule has 1 aliphatic rings. The number of nitrogens with zero attached hydrogens (tertiary/aromatic N) is 1. The van der Waals surface area contributed by atoms with Crippen molar-refractivity contribution >= 4 is 17.5 Å². The van der Waals surface area contributed by atoms with Crippen molar-refractivity contribution < 1.29 is 18.7 Å². The lowest BCUT2D eigenvalue weighted by Crippen LogP contribution is -2.23. The lowest BCUT2D eigenvalue weighted by Gasteiger charge is -2.12. The van der Waals surface area contributed by atoms with Gasteiger partial charge in [0.05, 0.1) is 31.6 Å². The number of nitrogens with one attached hydrogen (secondary N) is 1. The first-order chi connectivity index (χ1) is 10.7. The summed E-state index contributed by atoms with van der Waals surface area (Å²) in [5, 5.41) is 3.03. The molecule has 0 bridgehead atoms. The fraction of sp³-hybridized carbons (Fsp3) is 0.333. The molecule has 1 amide bonds. The molecule has 2 aromatic heterocycles. The minimum atomic E-state index is -0.276. The van der Waals surface area contributed by atoms with Crippen LogP contribution in [0, 0.1) is 0 Å². The van der Waals surface area contributed by atoms with Gasteiger partial charge < -0.3 is 19.2 Å². The zero-order valence-corrected chi connectivity index (χ0v) is 12.5. The highest BCUT2D eigenvalue weighted by atomic mass is 35.5. The first-order valence-electron chi connectivity index (χ1n) is 6.93. The highest BCUT2D eigenvalue weighted by Gasteiger charge is 2.20. The van der Waals surface area contributed by atoms with E-state index in [2.05, 4.69) is 10.3 Å². The van der Waals surface area contributed by atoms with Gasteiger partial charge in [-0.3, -0.25) is 4.79 Å². The second-order valence-corrected chi connectivity index (χ2v) is 5.28. The first-order valence-corrected chi connectivity index (χ1v) is 7.30. The van der Waals surface area contributed by atoms with Crippen molar-refractivity contribution in [3.63, 3.8) is 0 Å². The van der Waals surface area contributed by atoms with Crippen molar-refractivity contribution in [3.8, 4) is 5.88 Å². The van der Waals surface area contributed by atoms with E-state index in [1.165, 1.54) is 12.3 Å². The Hall–Kier alpha value is -2.05. The van der Waals surface area contributed by atoms with Gasteiger partial charge in [0.2, 0.25) is 5.88 Å². The second kappa shape index (κ2) is 6.81. The highest BCUT2D eigenvalue weighted by Crippen LogP contribution is 2.25. The van der Waals surface area contributed by atoms with Gasteiger partial charge in [-0.05, 0) is 18.2 Å². The van der Waals surface area contributed by atoms with Crippen molar-refractivity contribution in [1.82, 2.24) is 10.3 Å². The molecule has 1 aliphatic heterocycles. The number of hydrogen-bond acceptors (Lipinski definition) is 5. The lowest BCUT2D eigenvalue weighted by atomic mass is 10.2. The van der Waals surface area contributed by atoms with Gasteiger partial charge in [0.15, 0.2) is 0 Å². The average Bonchev–Trinajstić information content (AvgIpc) is 3.20. The number of furan rings is 1. The molecule has 1 saturated heterocycles. The molecule has 22 heavy (non-hydrogen) atoms. The fourth-order valence-corrected chi connectivity index (χ4v) is 2.29. The summed E-state index contributed by atoms with van der Waals surface area (Å²) in [4.78, 5) is 16.1. The second-order valence-electron chi connectivity index (χ2n) is 4.88. The minimum absolute atomic E-state index is 0.0383. The smallest absolute Gasteiger partial charge is 0.253 e. The number of carbonyl (C=O) groups excluding carboxylic acids is 1. The molecule has 116 valence electrons. The molecule has 3 rings (SSSR count). The van der Waals surface area contributed by atoms with E-state index in [4.69, 9.17) is 25.5 Å². The summed E-state index contributed by atoms with van der Waals surface area (Å²) < 4.78 is 16.0. The topological polar surface area (TPSA) is 73.6 Å². The van der Waals surface area contributed by atoms with Crippen LogP contribution >= 0.6 is 11.6 Å². The van der Waals surface area contributed by atoms with E-state index >= 15 is 0 Å². The van der Waals surface area contributed by atoms with E-state index < -0.39 is 0 Å². The number of ether oxygens (including phenoxy) is 2. The summed E-state index contributed by atoms with van der Waals surface area (Å²) in [6.45, 7) is 1.51. The van der Waals surface area contributed by atoms with Gasteiger partial charge in [0.25, 0.3) is 5.91 Å². The number of amides is 1. The molecule has 0 spiro atoms. The predicted octanol–water partition coefficient (Wildman–Crippen LogP) is 2.43. The Balaban J connectivity index is 1.61. The van der Waals surface area contributed by atoms with Gasteiger partial charge >= 0.3 is 0 Å². The molecule has 6 nitrogen and oxygen atoms in total. The maximum Gasteiger partial charge on any atom is 0.253 e. The third-order valence-electron chi connectivity index (χ3n) is 3.24. The van der Waals surface area contributed by atoms with Crippen LogP contribution in [0.1, 0.15) is 22.5 Å². The van der Waals surface area contributed by atoms with Gasteiger partial charge in [-0.1, -0.05) is 11.6 Å². The van der Waals surface area contributed by atoms with Crippen molar-refractivity contribution in [2.24, 2.45) is 0 Å². The Labute approximate surface area is 132 Å². The third kappa shape index (κ3) is 3.58. The van der Waals surface area contributed by atoms with E-state index in [-0.39, 0.29) is 12.0 Å². The predicted molar refractivity (Wildman–Crippen MR) is 79.0 cm³/mol. The summed E-state index contributed by atoms with van der Waals surface area (Å²) in [5.74, 6) is 0.717. The Kier molecular flexibility index (Phi) is 4.60. The van der Waals surface area contributed by atoms with Gasteiger partial charge in [0, 0.05) is 12.6 Å². The van der Waals surface area contributed by atoms with E-state index in [0.29, 0.717) is 42.0 Å². The monoisotopic (exact) mass is 322 g/mol. The standard InChI is InChI=1S/C15H15ClN2O4/c16-13-6-10(14(19)17-8-11-2-1-4-21-11)7-18-15(13)22-12-3-5-20-9-12/h1-2,4,6-7,12H,3,5,8-9H2,(H,17,19). The van der Waals surface area contributed by atoms with Crippen LogP contribution in [0.15, 0.2) is 35.1 Å². The van der Waals surface area contributed by atoms with Crippen LogP contribution in [0.5, 0.6) is 5.88 Å². The summed E-state index contributed by atoms with van der Waals surface area (Å²) >= 11 is 6.12. The molecular formula is C15H15ClN2O4. The number of pyridine rings is 1. The molecule has 0 saturated carbocycles. The van der Waals surface area contributed by atoms with Crippen LogP contribution in [0.3, 0.4) is 0 Å². The van der Waals surface area contributed by atoms with Gasteiger partial charge in [-0.15, -0.1) is 0 Å². The van der Waals surface area contributed by atoms with Gasteiger partial charge in [-0.2, -0.15) is 0 Å². The maximum absolute atomic E-state index is 12.0. The molecule has 7 heteroatoms. The lowest BCUT2D eigenvalue weighted by molar-refractivity contribution is 0.0947. The number of rotatable bonds is 5. The summed E-state index contributed by atoms with van der Waals surface area (Å²) in [6, 6.07) is 5.09. The van der Waals surface area contributed by atoms with Gasteiger partial charge in [-0.25, -0.2) is 4.98 Å². The van der Waals surface area contributed by atoms with Gasteiger partial charge in [0.1, 0.15) is 16.9 Å². The summed E-state index contributed by atoms with van der Waals surface area (Å²) in [6.07, 6.45) is 3.76. The van der Waals surface area contributed by atoms with E-state index in [1.54, 1.807) is 18.4 Å². The molecule has 0 radical (unpaired) electrons. The number of aromatic nitrogens is 1. The van der Waals surface area contributed by atoms with Crippen molar-refractivity contribution in [1.29, 1.82) is 0 Å². The Bertz CT molecular complexity index is 639. The molecule has 3 heterocycles. The zero-order chi connectivity index (χ0) is 15.4. The molecule has 0 aliphatic carbocycles. The minimum Gasteiger partial charge on any atom is -0.471 e. The fourth-order valence-electron chi connectivity index (χ4n) is 2.08. The Morgan fingerprint density at radius 3 is 3.14 bits per heavy atom. The highest BCUT2D eigenvalue weighted by molar-refractivity contribution is 6.32. The Morgan fingerprint density at radius 1 is 1.55 bits per heavy atom. The average molecular weight is 323 g/mol. The van der Waals surface area contributed by atoms with Crippen molar-refractivity contribution in [2.45, 2.75) is 19.1 Å². The van der Waals surface area contributed by atoms with Crippen LogP contribution in [0.4, 0.5) is 0 Å². The van der Waals surface area contributed by atoms with Crippen molar-refractivity contribution in [3.05, 3.63) is 47.0 Å². The number of halogens is 1. The zero-order valence-electron chi connectivity index (χ0n) is 11.8. The summed E-state index contributed by atoms with van der Waals surface area (Å²) in [5.41, 5.74) is 0.367. The molecular weight excluding hydrogens is 308 g/mol. The largest absolute Gasteiger partial charge is 0.471 e. The van der Waals surface area contributed by atoms with E-state index in [9.17, 15) is 4.79 Å². The SMILES string of the molecule is O=C(NCc1ccco1)c1cnc(OC2CCOC2)c(Cl)c1. The summed E-state index contributed by atoms with van der Waals surface area (Å²) in [7, 11) is 0. The van der Waals surface area contributed by atoms with Crippen LogP contribution in [0.2, 0.25) is 5.02 Å². The van der Waals surface area contributed by atoms with Crippen LogP contribution < -0.4 is 10.1 Å². The van der Waals surface area contributed by atoms with E-state index in [0.717, 1.165) is 6.42 Å². The number of carbonyl (C=O) groups is 1. The molecule has 1 unspecified atom stereocenters. The normalized spacial score (nSPS) is 17.4. The quantitative estimate of drug-likeness (QED) is 0.915. The first kappa shape index (κ1) is 14.9. The maximum atomic E-state index is 12.0. The van der Waals surface area contributed by atoms with Crippen LogP contribution in [0.25, 0.3) is 0 Å². The van der Waals surface area contributed by atoms with E-state index in [1.807, 2.05) is 0 Å². The Morgan fingerprint density at radius 2 is 2.45 bits per heavy atom.